The van der Waals surface area contributed by atoms with E-state index in [1.807, 2.05) is 11.6 Å². The molecule has 37 heavy (non-hydrogen) atoms. The Labute approximate surface area is 206 Å². The van der Waals surface area contributed by atoms with Crippen molar-refractivity contribution in [1.29, 1.82) is 0 Å². The topological polar surface area (TPSA) is 110 Å². The summed E-state index contributed by atoms with van der Waals surface area (Å²) < 4.78 is 108. The minimum Gasteiger partial charge on any atom is -0.406 e. The molecule has 0 bridgehead atoms. The number of alkyl halides is 6. The van der Waals surface area contributed by atoms with E-state index in [2.05, 4.69) is 20.0 Å². The van der Waals surface area contributed by atoms with Gasteiger partial charge in [0.1, 0.15) is 11.4 Å². The largest absolute Gasteiger partial charge is 0.573 e. The van der Waals surface area contributed by atoms with Gasteiger partial charge in [0.15, 0.2) is 0 Å². The molecule has 0 unspecified atom stereocenters. The molecule has 2 N–H and O–H groups in total. The van der Waals surface area contributed by atoms with Gasteiger partial charge in [0, 0.05) is 11.3 Å². The number of carbonyl (C=O) groups is 1. The molecule has 0 aliphatic heterocycles. The zero-order chi connectivity index (χ0) is 27.4. The molecule has 8 nitrogen and oxygen atoms in total. The van der Waals surface area contributed by atoms with Gasteiger partial charge in [-0.15, -0.1) is 13.2 Å². The van der Waals surface area contributed by atoms with Crippen LogP contribution in [0.15, 0.2) is 59.8 Å². The maximum absolute atomic E-state index is 13.4. The summed E-state index contributed by atoms with van der Waals surface area (Å²) in [5, 5.41) is 1.15. The van der Waals surface area contributed by atoms with Crippen LogP contribution in [0.2, 0.25) is 0 Å². The van der Waals surface area contributed by atoms with Crippen LogP contribution in [0.5, 0.6) is 5.75 Å². The average molecular weight is 548 g/mol. The van der Waals surface area contributed by atoms with Crippen molar-refractivity contribution in [2.75, 3.05) is 11.9 Å². The summed E-state index contributed by atoms with van der Waals surface area (Å²) in [4.78, 5) is 18.8. The molecule has 0 saturated heterocycles. The molecule has 3 rings (SSSR count). The first-order valence-electron chi connectivity index (χ1n) is 10.4. The molecule has 3 aromatic rings. The normalized spacial score (nSPS) is 12.3. The van der Waals surface area contributed by atoms with Crippen LogP contribution in [0.4, 0.5) is 32.0 Å². The van der Waals surface area contributed by atoms with Crippen LogP contribution in [0.3, 0.4) is 0 Å². The van der Waals surface area contributed by atoms with Crippen molar-refractivity contribution in [3.8, 4) is 17.0 Å². The fourth-order valence-electron chi connectivity index (χ4n) is 2.92. The van der Waals surface area contributed by atoms with Gasteiger partial charge in [0.25, 0.3) is 15.2 Å². The van der Waals surface area contributed by atoms with E-state index in [1.54, 1.807) is 24.3 Å². The van der Waals surface area contributed by atoms with Gasteiger partial charge in [-0.3, -0.25) is 4.79 Å². The maximum atomic E-state index is 13.4. The van der Waals surface area contributed by atoms with Crippen LogP contribution in [-0.4, -0.2) is 37.2 Å². The Morgan fingerprint density at radius 3 is 2.11 bits per heavy atom. The van der Waals surface area contributed by atoms with Crippen LogP contribution in [0.1, 0.15) is 18.2 Å². The first kappa shape index (κ1) is 27.9. The molecule has 198 valence electrons. The van der Waals surface area contributed by atoms with Crippen molar-refractivity contribution in [2.24, 2.45) is 0 Å². The van der Waals surface area contributed by atoms with Gasteiger partial charge in [0.05, 0.1) is 12.2 Å². The molecule has 1 heterocycles. The number of carbonyl (C=O) groups excluding carboxylic acids is 1. The second-order valence-electron chi connectivity index (χ2n) is 7.41. The predicted octanol–water partition coefficient (Wildman–Crippen LogP) is 4.54. The predicted molar refractivity (Wildman–Crippen MR) is 119 cm³/mol. The Hall–Kier alpha value is -3.72. The number of hydrogen-bond donors (Lipinski definition) is 2. The zero-order valence-electron chi connectivity index (χ0n) is 18.8. The molecule has 15 heteroatoms. The molecule has 0 fully saturated rings. The molecule has 1 aromatic heterocycles. The summed E-state index contributed by atoms with van der Waals surface area (Å²) in [6.07, 6.45) is -9.31. The minimum absolute atomic E-state index is 0.146. The van der Waals surface area contributed by atoms with Gasteiger partial charge in [-0.25, -0.2) is 18.4 Å². The van der Waals surface area contributed by atoms with Gasteiger partial charge in [0.2, 0.25) is 5.91 Å². The highest BCUT2D eigenvalue weighted by Gasteiger charge is 2.36. The van der Waals surface area contributed by atoms with E-state index in [9.17, 15) is 39.6 Å². The molecular formula is C22H18F6N4O4S. The minimum atomic E-state index is -5.08. The summed E-state index contributed by atoms with van der Waals surface area (Å²) in [5.41, 5.74) is -0.932. The second-order valence-corrected chi connectivity index (χ2v) is 9.07. The first-order valence-corrected chi connectivity index (χ1v) is 11.9. The van der Waals surface area contributed by atoms with Crippen LogP contribution in [-0.2, 0) is 27.4 Å². The van der Waals surface area contributed by atoms with Gasteiger partial charge in [-0.2, -0.15) is 17.9 Å². The highest BCUT2D eigenvalue weighted by atomic mass is 32.2. The molecule has 0 saturated carbocycles. The highest BCUT2D eigenvalue weighted by Crippen LogP contribution is 2.32. The second kappa shape index (κ2) is 10.7. The highest BCUT2D eigenvalue weighted by molar-refractivity contribution is 7.89. The summed E-state index contributed by atoms with van der Waals surface area (Å²) in [7, 11) is -4.81. The van der Waals surface area contributed by atoms with E-state index in [4.69, 9.17) is 0 Å². The Bertz CT molecular complexity index is 1360. The summed E-state index contributed by atoms with van der Waals surface area (Å²) >= 11 is 0. The number of rotatable bonds is 8. The lowest BCUT2D eigenvalue weighted by Crippen LogP contribution is -2.34. The van der Waals surface area contributed by atoms with Crippen molar-refractivity contribution in [3.05, 3.63) is 65.9 Å². The number of anilines is 1. The number of aryl methyl sites for hydroxylation is 1. The van der Waals surface area contributed by atoms with Crippen LogP contribution >= 0.6 is 0 Å². The van der Waals surface area contributed by atoms with Crippen LogP contribution in [0, 0.1) is 0 Å². The molecule has 2 aromatic carbocycles. The molecule has 1 amide bonds. The number of aromatic nitrogens is 2. The molecule has 0 radical (unpaired) electrons. The Balaban J connectivity index is 1.83. The smallest absolute Gasteiger partial charge is 0.406 e. The zero-order valence-corrected chi connectivity index (χ0v) is 19.6. The number of benzene rings is 2. The van der Waals surface area contributed by atoms with Gasteiger partial charge in [-0.1, -0.05) is 19.1 Å². The summed E-state index contributed by atoms with van der Waals surface area (Å²) in [5.74, 6) is -1.45. The van der Waals surface area contributed by atoms with Gasteiger partial charge in [-0.05, 0) is 54.4 Å². The van der Waals surface area contributed by atoms with Crippen LogP contribution < -0.4 is 14.8 Å². The molecule has 0 aliphatic rings. The van der Waals surface area contributed by atoms with E-state index >= 15 is 0 Å². The summed E-state index contributed by atoms with van der Waals surface area (Å²) in [6.45, 7) is 1.09. The van der Waals surface area contributed by atoms with Gasteiger partial charge >= 0.3 is 12.5 Å². The standard InChI is InChI=1S/C22H18F6N4O4S/c1-2-13-3-7-15(8-4-13)30-19(33)12-29-37(34,35)20-31-17(11-18(32-20)21(23,24)25)14-5-9-16(10-6-14)36-22(26,27)28/h3-11,29H,2,12H2,1H3,(H,30,33). The number of hydrogen-bond acceptors (Lipinski definition) is 6. The van der Waals surface area contributed by atoms with E-state index in [0.717, 1.165) is 36.2 Å². The quantitative estimate of drug-likeness (QED) is 0.316. The Morgan fingerprint density at radius 1 is 0.946 bits per heavy atom. The van der Waals surface area contributed by atoms with Crippen molar-refractivity contribution in [1.82, 2.24) is 14.7 Å². The molecule has 0 aliphatic carbocycles. The molecule has 0 spiro atoms. The Morgan fingerprint density at radius 2 is 1.57 bits per heavy atom. The maximum Gasteiger partial charge on any atom is 0.573 e. The third-order valence-electron chi connectivity index (χ3n) is 4.69. The lowest BCUT2D eigenvalue weighted by molar-refractivity contribution is -0.274. The SMILES string of the molecule is CCc1ccc(NC(=O)CNS(=O)(=O)c2nc(-c3ccc(OC(F)(F)F)cc3)cc(C(F)(F)F)n2)cc1. The number of sulfonamides is 1. The molecular weight excluding hydrogens is 530 g/mol. The van der Waals surface area contributed by atoms with E-state index in [1.165, 1.54) is 0 Å². The Kier molecular flexibility index (Phi) is 8.07. The van der Waals surface area contributed by atoms with Crippen LogP contribution in [0.25, 0.3) is 11.3 Å². The fourth-order valence-corrected chi connectivity index (χ4v) is 3.81. The monoisotopic (exact) mass is 548 g/mol. The van der Waals surface area contributed by atoms with Crippen molar-refractivity contribution in [3.63, 3.8) is 0 Å². The third kappa shape index (κ3) is 7.88. The van der Waals surface area contributed by atoms with Gasteiger partial charge < -0.3 is 10.1 Å². The molecule has 0 atom stereocenters. The fraction of sp³-hybridized carbons (Fsp3) is 0.227. The number of halogens is 6. The van der Waals surface area contributed by atoms with Crippen molar-refractivity contribution in [2.45, 2.75) is 31.0 Å². The third-order valence-corrected chi connectivity index (χ3v) is 5.88. The van der Waals surface area contributed by atoms with E-state index in [0.29, 0.717) is 11.8 Å². The lowest BCUT2D eigenvalue weighted by Gasteiger charge is -2.12. The first-order chi connectivity index (χ1) is 17.2. The van der Waals surface area contributed by atoms with Crippen molar-refractivity contribution < 1.29 is 44.3 Å². The number of nitrogens with one attached hydrogen (secondary N) is 2. The van der Waals surface area contributed by atoms with E-state index in [-0.39, 0.29) is 5.56 Å². The summed E-state index contributed by atoms with van der Waals surface area (Å²) in [6, 6.07) is 10.7. The number of ether oxygens (including phenoxy) is 1. The van der Waals surface area contributed by atoms with Crippen molar-refractivity contribution >= 4 is 21.6 Å². The lowest BCUT2D eigenvalue weighted by atomic mass is 10.1. The van der Waals surface area contributed by atoms with E-state index < -0.39 is 57.3 Å². The number of nitrogens with zero attached hydrogens (tertiary/aromatic N) is 2. The average Bonchev–Trinajstić information content (AvgIpc) is 2.82. The number of amides is 1.